The summed E-state index contributed by atoms with van der Waals surface area (Å²) in [5, 5.41) is 10.9. The average molecular weight is 298 g/mol. The highest BCUT2D eigenvalue weighted by Crippen LogP contribution is 2.56. The molecule has 0 aromatic heterocycles. The highest BCUT2D eigenvalue weighted by molar-refractivity contribution is 6.33. The zero-order valence-electron chi connectivity index (χ0n) is 11.6. The van der Waals surface area contributed by atoms with Crippen LogP contribution in [0.15, 0.2) is 18.2 Å². The van der Waals surface area contributed by atoms with Crippen LogP contribution in [0.1, 0.15) is 44.3 Å². The Hall–Kier alpha value is -1.26. The van der Waals surface area contributed by atoms with Gasteiger partial charge >= 0.3 is 5.97 Å². The molecule has 0 saturated heterocycles. The zero-order valence-corrected chi connectivity index (χ0v) is 12.3. The van der Waals surface area contributed by atoms with Crippen molar-refractivity contribution < 1.29 is 14.6 Å². The van der Waals surface area contributed by atoms with E-state index in [0.717, 1.165) is 12.8 Å². The number of aliphatic hydroxyl groups excluding tert-OH is 1. The number of nitrogen functional groups attached to an aromatic ring is 1. The van der Waals surface area contributed by atoms with E-state index >= 15 is 0 Å². The monoisotopic (exact) mass is 297 g/mol. The van der Waals surface area contributed by atoms with E-state index in [-0.39, 0.29) is 5.97 Å². The molecule has 0 amide bonds. The van der Waals surface area contributed by atoms with Crippen LogP contribution in [0, 0.1) is 5.41 Å². The van der Waals surface area contributed by atoms with Crippen LogP contribution in [0.25, 0.3) is 0 Å². The van der Waals surface area contributed by atoms with Gasteiger partial charge in [0.05, 0.1) is 28.8 Å². The van der Waals surface area contributed by atoms with Crippen molar-refractivity contribution in [3.05, 3.63) is 28.8 Å². The fourth-order valence-electron chi connectivity index (χ4n) is 2.23. The molecule has 0 aliphatic heterocycles. The van der Waals surface area contributed by atoms with Crippen molar-refractivity contribution in [3.63, 3.8) is 0 Å². The van der Waals surface area contributed by atoms with Crippen molar-refractivity contribution in [2.24, 2.45) is 5.41 Å². The van der Waals surface area contributed by atoms with Gasteiger partial charge in [-0.15, -0.1) is 0 Å². The first-order chi connectivity index (χ1) is 9.51. The number of aliphatic hydroxyl groups is 1. The molecule has 1 aromatic rings. The predicted molar refractivity (Wildman–Crippen MR) is 78.4 cm³/mol. The molecular weight excluding hydrogens is 278 g/mol. The highest BCUT2D eigenvalue weighted by Gasteiger charge is 2.57. The third kappa shape index (κ3) is 2.91. The van der Waals surface area contributed by atoms with Crippen LogP contribution in [-0.4, -0.2) is 17.7 Å². The molecule has 0 radical (unpaired) electrons. The second kappa shape index (κ2) is 6.02. The second-order valence-corrected chi connectivity index (χ2v) is 5.74. The number of halogens is 1. The lowest BCUT2D eigenvalue weighted by atomic mass is 9.92. The SMILES string of the molecule is CCCCOC(=O)C1(C(O)c2ccc(Cl)c(N)c2)CC1. The number of benzene rings is 1. The Bertz CT molecular complexity index is 500. The average Bonchev–Trinajstić information content (AvgIpc) is 3.23. The minimum absolute atomic E-state index is 0.313. The Morgan fingerprint density at radius 2 is 2.25 bits per heavy atom. The molecule has 110 valence electrons. The molecule has 4 nitrogen and oxygen atoms in total. The van der Waals surface area contributed by atoms with E-state index in [1.165, 1.54) is 0 Å². The summed E-state index contributed by atoms with van der Waals surface area (Å²) in [6, 6.07) is 4.95. The van der Waals surface area contributed by atoms with Crippen LogP contribution in [0.4, 0.5) is 5.69 Å². The topological polar surface area (TPSA) is 72.5 Å². The first-order valence-corrected chi connectivity index (χ1v) is 7.29. The van der Waals surface area contributed by atoms with E-state index in [1.54, 1.807) is 18.2 Å². The normalized spacial score (nSPS) is 17.6. The van der Waals surface area contributed by atoms with E-state index in [4.69, 9.17) is 22.1 Å². The molecule has 0 spiro atoms. The van der Waals surface area contributed by atoms with Gasteiger partial charge in [0.15, 0.2) is 0 Å². The van der Waals surface area contributed by atoms with E-state index in [9.17, 15) is 9.90 Å². The van der Waals surface area contributed by atoms with Gasteiger partial charge in [-0.25, -0.2) is 0 Å². The van der Waals surface area contributed by atoms with Crippen molar-refractivity contribution in [2.75, 3.05) is 12.3 Å². The van der Waals surface area contributed by atoms with Gasteiger partial charge < -0.3 is 15.6 Å². The molecule has 1 aromatic carbocycles. The first-order valence-electron chi connectivity index (χ1n) is 6.91. The zero-order chi connectivity index (χ0) is 14.8. The van der Waals surface area contributed by atoms with Crippen molar-refractivity contribution in [1.82, 2.24) is 0 Å². The van der Waals surface area contributed by atoms with Gasteiger partial charge in [-0.2, -0.15) is 0 Å². The van der Waals surface area contributed by atoms with Crippen LogP contribution in [0.5, 0.6) is 0 Å². The number of rotatable bonds is 6. The Balaban J connectivity index is 2.09. The molecule has 1 fully saturated rings. The van der Waals surface area contributed by atoms with Crippen LogP contribution < -0.4 is 5.73 Å². The minimum atomic E-state index is -0.892. The van der Waals surface area contributed by atoms with Crippen molar-refractivity contribution in [1.29, 1.82) is 0 Å². The Morgan fingerprint density at radius 1 is 1.55 bits per heavy atom. The molecule has 2 rings (SSSR count). The number of ether oxygens (including phenoxy) is 1. The summed E-state index contributed by atoms with van der Waals surface area (Å²) >= 11 is 5.86. The fraction of sp³-hybridized carbons (Fsp3) is 0.533. The van der Waals surface area contributed by atoms with Gasteiger partial charge in [-0.05, 0) is 37.0 Å². The molecule has 0 heterocycles. The van der Waals surface area contributed by atoms with Crippen LogP contribution in [0.3, 0.4) is 0 Å². The standard InChI is InChI=1S/C15H20ClNO3/c1-2-3-8-20-14(19)15(6-7-15)13(18)10-4-5-11(16)12(17)9-10/h4-5,9,13,18H,2-3,6-8,17H2,1H3. The Labute approximate surface area is 123 Å². The Morgan fingerprint density at radius 3 is 2.80 bits per heavy atom. The van der Waals surface area contributed by atoms with E-state index in [2.05, 4.69) is 0 Å². The molecule has 1 aliphatic rings. The predicted octanol–water partition coefficient (Wildman–Crippen LogP) is 3.08. The van der Waals surface area contributed by atoms with E-state index in [1.807, 2.05) is 6.92 Å². The first kappa shape index (κ1) is 15.1. The third-order valence-electron chi connectivity index (χ3n) is 3.79. The summed E-state index contributed by atoms with van der Waals surface area (Å²) in [6.07, 6.45) is 2.20. The molecule has 5 heteroatoms. The molecule has 0 bridgehead atoms. The van der Waals surface area contributed by atoms with Crippen LogP contribution in [-0.2, 0) is 9.53 Å². The number of carbonyl (C=O) groups excluding carboxylic acids is 1. The lowest BCUT2D eigenvalue weighted by Gasteiger charge is -2.21. The van der Waals surface area contributed by atoms with Gasteiger partial charge in [-0.1, -0.05) is 31.0 Å². The lowest BCUT2D eigenvalue weighted by Crippen LogP contribution is -2.26. The molecule has 20 heavy (non-hydrogen) atoms. The number of carbonyl (C=O) groups is 1. The maximum atomic E-state index is 12.1. The highest BCUT2D eigenvalue weighted by atomic mass is 35.5. The van der Waals surface area contributed by atoms with Crippen LogP contribution in [0.2, 0.25) is 5.02 Å². The van der Waals surface area contributed by atoms with Gasteiger partial charge in [0.2, 0.25) is 0 Å². The van der Waals surface area contributed by atoms with Gasteiger partial charge in [-0.3, -0.25) is 4.79 Å². The quantitative estimate of drug-likeness (QED) is 0.481. The van der Waals surface area contributed by atoms with Crippen molar-refractivity contribution in [2.45, 2.75) is 38.7 Å². The number of hydrogen-bond donors (Lipinski definition) is 2. The molecule has 1 atom stereocenters. The van der Waals surface area contributed by atoms with E-state index < -0.39 is 11.5 Å². The molecule has 1 aliphatic carbocycles. The second-order valence-electron chi connectivity index (χ2n) is 5.33. The van der Waals surface area contributed by atoms with Gasteiger partial charge in [0.25, 0.3) is 0 Å². The summed E-state index contributed by atoms with van der Waals surface area (Å²) in [7, 11) is 0. The maximum Gasteiger partial charge on any atom is 0.315 e. The van der Waals surface area contributed by atoms with Crippen molar-refractivity contribution in [3.8, 4) is 0 Å². The number of unbranched alkanes of at least 4 members (excludes halogenated alkanes) is 1. The summed E-state index contributed by atoms with van der Waals surface area (Å²) in [6.45, 7) is 2.44. The Kier molecular flexibility index (Phi) is 4.55. The number of esters is 1. The van der Waals surface area contributed by atoms with Gasteiger partial charge in [0.1, 0.15) is 0 Å². The number of anilines is 1. The lowest BCUT2D eigenvalue weighted by molar-refractivity contribution is -0.155. The summed E-state index contributed by atoms with van der Waals surface area (Å²) in [5.74, 6) is -0.313. The summed E-state index contributed by atoms with van der Waals surface area (Å²) in [5.41, 5.74) is 5.95. The minimum Gasteiger partial charge on any atom is -0.465 e. The molecule has 1 unspecified atom stereocenters. The smallest absolute Gasteiger partial charge is 0.315 e. The molecule has 3 N–H and O–H groups in total. The van der Waals surface area contributed by atoms with Crippen LogP contribution >= 0.6 is 11.6 Å². The fourth-order valence-corrected chi connectivity index (χ4v) is 2.35. The largest absolute Gasteiger partial charge is 0.465 e. The number of nitrogens with two attached hydrogens (primary N) is 1. The molecule has 1 saturated carbocycles. The van der Waals surface area contributed by atoms with E-state index in [0.29, 0.717) is 35.7 Å². The van der Waals surface area contributed by atoms with Gasteiger partial charge in [0, 0.05) is 0 Å². The van der Waals surface area contributed by atoms with Crippen molar-refractivity contribution >= 4 is 23.3 Å². The maximum absolute atomic E-state index is 12.1. The number of hydrogen-bond acceptors (Lipinski definition) is 4. The summed E-state index contributed by atoms with van der Waals surface area (Å²) < 4.78 is 5.25. The third-order valence-corrected chi connectivity index (χ3v) is 4.13. The summed E-state index contributed by atoms with van der Waals surface area (Å²) in [4.78, 5) is 12.1. The molecular formula is C15H20ClNO3.